The summed E-state index contributed by atoms with van der Waals surface area (Å²) in [5.41, 5.74) is 4.90. The molecule has 0 heterocycles. The van der Waals surface area contributed by atoms with Gasteiger partial charge in [0.1, 0.15) is 15.4 Å². The maximum Gasteiger partial charge on any atom is 0.324 e. The van der Waals surface area contributed by atoms with Crippen molar-refractivity contribution in [2.45, 2.75) is 10.8 Å². The molecule has 1 unspecified atom stereocenters. The number of carbonyl (C=O) groups excluding carboxylic acids is 1. The zero-order valence-electron chi connectivity index (χ0n) is 9.44. The standard InChI is InChI=1S/C13H12INO2/c1-8(14)13(16)17-12-7-6-11(15)9-4-2-3-5-10(9)12/h2-8H,15H2,1H3/p+1. The number of carbonyl (C=O) groups is 1. The lowest BCUT2D eigenvalue weighted by atomic mass is 10.1. The molecule has 4 heteroatoms. The highest BCUT2D eigenvalue weighted by Crippen LogP contribution is 2.29. The first kappa shape index (κ1) is 12.3. The molecule has 0 saturated heterocycles. The van der Waals surface area contributed by atoms with Crippen molar-refractivity contribution in [1.82, 2.24) is 0 Å². The van der Waals surface area contributed by atoms with E-state index in [1.165, 1.54) is 0 Å². The monoisotopic (exact) mass is 342 g/mol. The largest absolute Gasteiger partial charge is 0.425 e. The van der Waals surface area contributed by atoms with Crippen molar-refractivity contribution >= 4 is 45.0 Å². The molecule has 0 amide bonds. The molecule has 0 aliphatic carbocycles. The minimum Gasteiger partial charge on any atom is -0.425 e. The molecule has 3 N–H and O–H groups in total. The van der Waals surface area contributed by atoms with Crippen molar-refractivity contribution in [2.24, 2.45) is 0 Å². The van der Waals surface area contributed by atoms with E-state index < -0.39 is 0 Å². The summed E-state index contributed by atoms with van der Waals surface area (Å²) in [5, 5.41) is 1.93. The molecule has 0 aromatic heterocycles. The van der Waals surface area contributed by atoms with E-state index >= 15 is 0 Å². The average Bonchev–Trinajstić information content (AvgIpc) is 2.33. The van der Waals surface area contributed by atoms with E-state index in [1.807, 2.05) is 52.9 Å². The van der Waals surface area contributed by atoms with Crippen LogP contribution >= 0.6 is 22.6 Å². The van der Waals surface area contributed by atoms with Crippen molar-refractivity contribution in [3.05, 3.63) is 36.4 Å². The highest BCUT2D eigenvalue weighted by molar-refractivity contribution is 14.1. The number of halogens is 1. The van der Waals surface area contributed by atoms with Gasteiger partial charge in [-0.05, 0) is 19.1 Å². The molecule has 2 rings (SSSR count). The van der Waals surface area contributed by atoms with E-state index in [2.05, 4.69) is 5.73 Å². The van der Waals surface area contributed by atoms with Gasteiger partial charge in [-0.25, -0.2) is 0 Å². The minimum absolute atomic E-state index is 0.161. The Bertz CT molecular complexity index is 566. The third-order valence-electron chi connectivity index (χ3n) is 2.51. The van der Waals surface area contributed by atoms with E-state index in [9.17, 15) is 4.79 Å². The lowest BCUT2D eigenvalue weighted by Gasteiger charge is -2.09. The van der Waals surface area contributed by atoms with Crippen molar-refractivity contribution in [2.75, 3.05) is 0 Å². The molecule has 0 saturated carbocycles. The van der Waals surface area contributed by atoms with Crippen LogP contribution in [0.25, 0.3) is 10.8 Å². The number of benzene rings is 2. The number of alkyl halides is 1. The molecular weight excluding hydrogens is 329 g/mol. The number of quaternary nitrogens is 1. The molecule has 0 aliphatic heterocycles. The summed E-state index contributed by atoms with van der Waals surface area (Å²) in [5.74, 6) is 0.370. The van der Waals surface area contributed by atoms with Crippen LogP contribution in [0.3, 0.4) is 0 Å². The highest BCUT2D eigenvalue weighted by Gasteiger charge is 2.14. The summed E-state index contributed by atoms with van der Waals surface area (Å²) >= 11 is 2.04. The van der Waals surface area contributed by atoms with Gasteiger partial charge in [-0.2, -0.15) is 0 Å². The summed E-state index contributed by atoms with van der Waals surface area (Å²) in [6.45, 7) is 1.81. The average molecular weight is 342 g/mol. The normalized spacial score (nSPS) is 12.4. The highest BCUT2D eigenvalue weighted by atomic mass is 127. The third kappa shape index (κ3) is 2.58. The van der Waals surface area contributed by atoms with Crippen LogP contribution in [-0.4, -0.2) is 9.89 Å². The molecule has 0 radical (unpaired) electrons. The first-order valence-electron chi connectivity index (χ1n) is 5.29. The van der Waals surface area contributed by atoms with E-state index in [1.54, 1.807) is 13.0 Å². The van der Waals surface area contributed by atoms with Crippen molar-refractivity contribution in [3.63, 3.8) is 0 Å². The van der Waals surface area contributed by atoms with Gasteiger partial charge in [0.15, 0.2) is 0 Å². The second kappa shape index (κ2) is 5.01. The fourth-order valence-corrected chi connectivity index (χ4v) is 1.74. The SMILES string of the molecule is CC(I)C(=O)Oc1ccc([NH3+])c2ccccc12. The Balaban J connectivity index is 2.48. The number of rotatable bonds is 2. The van der Waals surface area contributed by atoms with Gasteiger partial charge in [0, 0.05) is 16.8 Å². The number of ether oxygens (including phenoxy) is 1. The summed E-state index contributed by atoms with van der Waals surface area (Å²) in [4.78, 5) is 11.6. The summed E-state index contributed by atoms with van der Waals surface area (Å²) in [6, 6.07) is 11.4. The lowest BCUT2D eigenvalue weighted by molar-refractivity contribution is -0.252. The Hall–Kier alpha value is -1.14. The minimum atomic E-state index is -0.229. The molecule has 2 aromatic rings. The Labute approximate surface area is 113 Å². The maximum absolute atomic E-state index is 11.6. The van der Waals surface area contributed by atoms with Gasteiger partial charge in [0.2, 0.25) is 0 Å². The number of hydrogen-bond acceptors (Lipinski definition) is 2. The zero-order valence-corrected chi connectivity index (χ0v) is 11.6. The van der Waals surface area contributed by atoms with Crippen molar-refractivity contribution in [1.29, 1.82) is 0 Å². The molecule has 0 bridgehead atoms. The number of fused-ring (bicyclic) bond motifs is 1. The summed E-state index contributed by atoms with van der Waals surface area (Å²) in [6.07, 6.45) is 0. The summed E-state index contributed by atoms with van der Waals surface area (Å²) in [7, 11) is 0. The fraction of sp³-hybridized carbons (Fsp3) is 0.154. The van der Waals surface area contributed by atoms with Gasteiger partial charge in [-0.15, -0.1) is 0 Å². The second-order valence-corrected chi connectivity index (χ2v) is 5.67. The second-order valence-electron chi connectivity index (χ2n) is 3.81. The lowest BCUT2D eigenvalue weighted by Crippen LogP contribution is -2.40. The van der Waals surface area contributed by atoms with E-state index in [4.69, 9.17) is 4.74 Å². The Morgan fingerprint density at radius 3 is 2.53 bits per heavy atom. The molecule has 3 nitrogen and oxygen atoms in total. The van der Waals surface area contributed by atoms with E-state index in [-0.39, 0.29) is 9.89 Å². The van der Waals surface area contributed by atoms with E-state index in [0.717, 1.165) is 16.5 Å². The Morgan fingerprint density at radius 1 is 1.24 bits per heavy atom. The van der Waals surface area contributed by atoms with Gasteiger partial charge in [0.25, 0.3) is 0 Å². The van der Waals surface area contributed by atoms with Crippen LogP contribution in [0.1, 0.15) is 6.92 Å². The fourth-order valence-electron chi connectivity index (χ4n) is 1.61. The van der Waals surface area contributed by atoms with Crippen LogP contribution < -0.4 is 10.5 Å². The number of hydrogen-bond donors (Lipinski definition) is 1. The van der Waals surface area contributed by atoms with Gasteiger partial charge < -0.3 is 10.5 Å². The molecule has 0 aliphatic rings. The predicted molar refractivity (Wildman–Crippen MR) is 75.6 cm³/mol. The Morgan fingerprint density at radius 2 is 1.88 bits per heavy atom. The van der Waals surface area contributed by atoms with Crippen LogP contribution in [0.4, 0.5) is 5.69 Å². The first-order valence-corrected chi connectivity index (χ1v) is 6.53. The molecule has 0 spiro atoms. The quantitative estimate of drug-likeness (QED) is 0.395. The van der Waals surface area contributed by atoms with Gasteiger partial charge >= 0.3 is 5.97 Å². The molecule has 0 fully saturated rings. The van der Waals surface area contributed by atoms with Crippen molar-refractivity contribution in [3.8, 4) is 5.75 Å². The molecule has 17 heavy (non-hydrogen) atoms. The van der Waals surface area contributed by atoms with Crippen LogP contribution in [0.2, 0.25) is 0 Å². The van der Waals surface area contributed by atoms with Crippen LogP contribution in [0.5, 0.6) is 5.75 Å². The maximum atomic E-state index is 11.6. The topological polar surface area (TPSA) is 53.9 Å². The molecular formula is C13H13INO2+. The Kier molecular flexibility index (Phi) is 3.63. The van der Waals surface area contributed by atoms with Crippen LogP contribution in [0.15, 0.2) is 36.4 Å². The smallest absolute Gasteiger partial charge is 0.324 e. The molecule has 88 valence electrons. The van der Waals surface area contributed by atoms with Crippen LogP contribution in [0, 0.1) is 0 Å². The van der Waals surface area contributed by atoms with Crippen molar-refractivity contribution < 1.29 is 15.3 Å². The molecule has 1 atom stereocenters. The van der Waals surface area contributed by atoms with Crippen LogP contribution in [-0.2, 0) is 4.79 Å². The zero-order chi connectivity index (χ0) is 12.4. The first-order chi connectivity index (χ1) is 8.09. The predicted octanol–water partition coefficient (Wildman–Crippen LogP) is 2.44. The summed E-state index contributed by atoms with van der Waals surface area (Å²) < 4.78 is 5.21. The van der Waals surface area contributed by atoms with Gasteiger partial charge in [0.05, 0.1) is 0 Å². The third-order valence-corrected chi connectivity index (χ3v) is 3.02. The molecule has 2 aromatic carbocycles. The number of esters is 1. The van der Waals surface area contributed by atoms with Gasteiger partial charge in [-0.3, -0.25) is 4.79 Å². The van der Waals surface area contributed by atoms with Gasteiger partial charge in [-0.1, -0.05) is 40.8 Å². The van der Waals surface area contributed by atoms with E-state index in [0.29, 0.717) is 5.75 Å².